The SMILES string of the molecule is NCC1(CCCc2cccc(Br)c2)CC1. The predicted molar refractivity (Wildman–Crippen MR) is 67.8 cm³/mol. The van der Waals surface area contributed by atoms with E-state index in [0.717, 1.165) is 6.54 Å². The Balaban J connectivity index is 1.78. The Morgan fingerprint density at radius 2 is 2.13 bits per heavy atom. The first-order valence-corrected chi connectivity index (χ1v) is 6.48. The number of benzene rings is 1. The van der Waals surface area contributed by atoms with Gasteiger partial charge in [0.1, 0.15) is 0 Å². The van der Waals surface area contributed by atoms with Crippen molar-refractivity contribution in [3.05, 3.63) is 34.3 Å². The maximum absolute atomic E-state index is 5.76. The van der Waals surface area contributed by atoms with Crippen molar-refractivity contribution in [1.82, 2.24) is 0 Å². The second-order valence-corrected chi connectivity index (χ2v) is 5.60. The zero-order valence-corrected chi connectivity index (χ0v) is 10.6. The minimum Gasteiger partial charge on any atom is -0.330 e. The first-order chi connectivity index (χ1) is 7.24. The molecule has 0 radical (unpaired) electrons. The molecule has 1 aromatic rings. The smallest absolute Gasteiger partial charge is 0.0177 e. The molecule has 1 fully saturated rings. The van der Waals surface area contributed by atoms with E-state index < -0.39 is 0 Å². The topological polar surface area (TPSA) is 26.0 Å². The Labute approximate surface area is 100 Å². The largest absolute Gasteiger partial charge is 0.330 e. The second-order valence-electron chi connectivity index (χ2n) is 4.69. The van der Waals surface area contributed by atoms with Gasteiger partial charge < -0.3 is 5.73 Å². The lowest BCUT2D eigenvalue weighted by Gasteiger charge is -2.11. The Kier molecular flexibility index (Phi) is 3.47. The van der Waals surface area contributed by atoms with Gasteiger partial charge in [-0.3, -0.25) is 0 Å². The summed E-state index contributed by atoms with van der Waals surface area (Å²) in [6, 6.07) is 8.59. The minimum atomic E-state index is 0.534. The van der Waals surface area contributed by atoms with Crippen molar-refractivity contribution in [2.45, 2.75) is 32.1 Å². The van der Waals surface area contributed by atoms with E-state index in [1.165, 1.54) is 42.1 Å². The summed E-state index contributed by atoms with van der Waals surface area (Å²) in [5.74, 6) is 0. The number of hydrogen-bond acceptors (Lipinski definition) is 1. The van der Waals surface area contributed by atoms with Crippen LogP contribution in [0.3, 0.4) is 0 Å². The molecular weight excluding hydrogens is 250 g/mol. The van der Waals surface area contributed by atoms with Crippen LogP contribution in [0, 0.1) is 5.41 Å². The molecule has 15 heavy (non-hydrogen) atoms. The summed E-state index contributed by atoms with van der Waals surface area (Å²) in [6.07, 6.45) is 6.45. The predicted octanol–water partition coefficient (Wildman–Crippen LogP) is 3.51. The van der Waals surface area contributed by atoms with E-state index in [1.807, 2.05) is 0 Å². The Hall–Kier alpha value is -0.340. The molecule has 1 aromatic carbocycles. The zero-order chi connectivity index (χ0) is 10.7. The molecule has 0 saturated heterocycles. The lowest BCUT2D eigenvalue weighted by Crippen LogP contribution is -2.15. The van der Waals surface area contributed by atoms with Crippen LogP contribution in [0.2, 0.25) is 0 Å². The molecule has 0 spiro atoms. The Bertz CT molecular complexity index is 331. The van der Waals surface area contributed by atoms with Crippen LogP contribution in [0.1, 0.15) is 31.2 Å². The maximum Gasteiger partial charge on any atom is 0.0177 e. The van der Waals surface area contributed by atoms with Crippen LogP contribution in [0.25, 0.3) is 0 Å². The second kappa shape index (κ2) is 4.67. The fourth-order valence-corrected chi connectivity index (χ4v) is 2.54. The zero-order valence-electron chi connectivity index (χ0n) is 9.01. The fourth-order valence-electron chi connectivity index (χ4n) is 2.09. The van der Waals surface area contributed by atoms with Crippen LogP contribution < -0.4 is 5.73 Å². The number of aryl methyl sites for hydroxylation is 1. The molecule has 1 aliphatic carbocycles. The highest BCUT2D eigenvalue weighted by Crippen LogP contribution is 2.48. The molecule has 1 nitrogen and oxygen atoms in total. The van der Waals surface area contributed by atoms with Crippen LogP contribution in [0.5, 0.6) is 0 Å². The molecule has 82 valence electrons. The van der Waals surface area contributed by atoms with Gasteiger partial charge in [-0.2, -0.15) is 0 Å². The Morgan fingerprint density at radius 3 is 2.73 bits per heavy atom. The molecule has 0 bridgehead atoms. The normalized spacial score (nSPS) is 17.7. The lowest BCUT2D eigenvalue weighted by molar-refractivity contribution is 0.460. The van der Waals surface area contributed by atoms with E-state index >= 15 is 0 Å². The highest BCUT2D eigenvalue weighted by atomic mass is 79.9. The first-order valence-electron chi connectivity index (χ1n) is 5.69. The molecule has 1 saturated carbocycles. The highest BCUT2D eigenvalue weighted by Gasteiger charge is 2.39. The van der Waals surface area contributed by atoms with Crippen molar-refractivity contribution in [1.29, 1.82) is 0 Å². The summed E-state index contributed by atoms with van der Waals surface area (Å²) in [4.78, 5) is 0. The van der Waals surface area contributed by atoms with Crippen molar-refractivity contribution in [3.63, 3.8) is 0 Å². The third-order valence-electron chi connectivity index (χ3n) is 3.45. The van der Waals surface area contributed by atoms with E-state index in [9.17, 15) is 0 Å². The number of halogens is 1. The van der Waals surface area contributed by atoms with Gasteiger partial charge in [-0.25, -0.2) is 0 Å². The third kappa shape index (κ3) is 3.05. The number of rotatable bonds is 5. The van der Waals surface area contributed by atoms with Crippen molar-refractivity contribution >= 4 is 15.9 Å². The summed E-state index contributed by atoms with van der Waals surface area (Å²) in [6.45, 7) is 0.880. The maximum atomic E-state index is 5.76. The van der Waals surface area contributed by atoms with Crippen LogP contribution >= 0.6 is 15.9 Å². The molecular formula is C13H18BrN. The molecule has 0 unspecified atom stereocenters. The molecule has 1 aliphatic rings. The van der Waals surface area contributed by atoms with Gasteiger partial charge in [0.05, 0.1) is 0 Å². The Morgan fingerprint density at radius 1 is 1.33 bits per heavy atom. The summed E-state index contributed by atoms with van der Waals surface area (Å²) < 4.78 is 1.18. The highest BCUT2D eigenvalue weighted by molar-refractivity contribution is 9.10. The average molecular weight is 268 g/mol. The van der Waals surface area contributed by atoms with Crippen molar-refractivity contribution in [2.24, 2.45) is 11.1 Å². The van der Waals surface area contributed by atoms with Crippen molar-refractivity contribution < 1.29 is 0 Å². The third-order valence-corrected chi connectivity index (χ3v) is 3.94. The van der Waals surface area contributed by atoms with Crippen molar-refractivity contribution in [3.8, 4) is 0 Å². The van der Waals surface area contributed by atoms with Gasteiger partial charge in [0, 0.05) is 4.47 Å². The van der Waals surface area contributed by atoms with Gasteiger partial charge in [0.25, 0.3) is 0 Å². The van der Waals surface area contributed by atoms with E-state index in [2.05, 4.69) is 40.2 Å². The van der Waals surface area contributed by atoms with E-state index in [1.54, 1.807) is 0 Å². The van der Waals surface area contributed by atoms with Crippen LogP contribution in [0.15, 0.2) is 28.7 Å². The standard InChI is InChI=1S/C13H18BrN/c14-12-5-1-3-11(9-12)4-2-6-13(10-15)7-8-13/h1,3,5,9H,2,4,6-8,10,15H2. The molecule has 0 amide bonds. The minimum absolute atomic E-state index is 0.534. The van der Waals surface area contributed by atoms with Gasteiger partial charge in [-0.05, 0) is 61.8 Å². The van der Waals surface area contributed by atoms with Crippen LogP contribution in [0.4, 0.5) is 0 Å². The number of nitrogens with two attached hydrogens (primary N) is 1. The van der Waals surface area contributed by atoms with E-state index in [4.69, 9.17) is 5.73 Å². The number of hydrogen-bond donors (Lipinski definition) is 1. The molecule has 0 heterocycles. The fraction of sp³-hybridized carbons (Fsp3) is 0.538. The summed E-state index contributed by atoms with van der Waals surface area (Å²) >= 11 is 3.50. The molecule has 0 atom stereocenters. The van der Waals surface area contributed by atoms with Gasteiger partial charge in [-0.1, -0.05) is 28.1 Å². The summed E-state index contributed by atoms with van der Waals surface area (Å²) in [5.41, 5.74) is 7.73. The van der Waals surface area contributed by atoms with Gasteiger partial charge in [0.15, 0.2) is 0 Å². The van der Waals surface area contributed by atoms with Crippen molar-refractivity contribution in [2.75, 3.05) is 6.54 Å². The summed E-state index contributed by atoms with van der Waals surface area (Å²) in [7, 11) is 0. The molecule has 2 rings (SSSR count). The van der Waals surface area contributed by atoms with E-state index in [-0.39, 0.29) is 0 Å². The monoisotopic (exact) mass is 267 g/mol. The molecule has 2 N–H and O–H groups in total. The summed E-state index contributed by atoms with van der Waals surface area (Å²) in [5, 5.41) is 0. The molecule has 0 aliphatic heterocycles. The molecule has 0 aromatic heterocycles. The average Bonchev–Trinajstić information content (AvgIpc) is 2.99. The lowest BCUT2D eigenvalue weighted by atomic mass is 9.97. The van der Waals surface area contributed by atoms with Gasteiger partial charge in [-0.15, -0.1) is 0 Å². The van der Waals surface area contributed by atoms with Crippen LogP contribution in [-0.4, -0.2) is 6.54 Å². The molecule has 2 heteroatoms. The first kappa shape index (κ1) is 11.2. The van der Waals surface area contributed by atoms with Crippen LogP contribution in [-0.2, 0) is 6.42 Å². The van der Waals surface area contributed by atoms with E-state index in [0.29, 0.717) is 5.41 Å². The van der Waals surface area contributed by atoms with Gasteiger partial charge >= 0.3 is 0 Å². The van der Waals surface area contributed by atoms with Gasteiger partial charge in [0.2, 0.25) is 0 Å². The quantitative estimate of drug-likeness (QED) is 0.868.